The largest absolute Gasteiger partial charge is 0.401 e. The second-order valence-corrected chi connectivity index (χ2v) is 5.45. The van der Waals surface area contributed by atoms with E-state index in [4.69, 9.17) is 0 Å². The molecule has 1 unspecified atom stereocenters. The lowest BCUT2D eigenvalue weighted by Gasteiger charge is -2.18. The third-order valence-corrected chi connectivity index (χ3v) is 3.43. The molecular weight excluding hydrogens is 271 g/mol. The molecule has 2 N–H and O–H groups in total. The Morgan fingerprint density at radius 2 is 2.20 bits per heavy atom. The number of alkyl halides is 3. The van der Waals surface area contributed by atoms with Crippen molar-refractivity contribution in [1.82, 2.24) is 15.5 Å². The average molecular weight is 295 g/mol. The Balaban J connectivity index is 1.98. The van der Waals surface area contributed by atoms with Crippen molar-refractivity contribution in [2.75, 3.05) is 39.8 Å². The average Bonchev–Trinajstić information content (AvgIpc) is 2.83. The van der Waals surface area contributed by atoms with Gasteiger partial charge in [-0.25, -0.2) is 0 Å². The molecule has 1 aliphatic rings. The number of halogens is 3. The van der Waals surface area contributed by atoms with Gasteiger partial charge in [-0.1, -0.05) is 0 Å². The maximum atomic E-state index is 12.1. The van der Waals surface area contributed by atoms with Crippen molar-refractivity contribution in [2.45, 2.75) is 31.9 Å². The zero-order valence-corrected chi connectivity index (χ0v) is 11.9. The first-order valence-electron chi connectivity index (χ1n) is 7.09. The van der Waals surface area contributed by atoms with Crippen LogP contribution in [0.5, 0.6) is 0 Å². The van der Waals surface area contributed by atoms with Crippen LogP contribution in [0.15, 0.2) is 0 Å². The van der Waals surface area contributed by atoms with Gasteiger partial charge in [-0.2, -0.15) is 13.2 Å². The summed E-state index contributed by atoms with van der Waals surface area (Å²) in [7, 11) is 1.43. The molecule has 20 heavy (non-hydrogen) atoms. The Bertz CT molecular complexity index is 291. The summed E-state index contributed by atoms with van der Waals surface area (Å²) >= 11 is 0. The zero-order chi connectivity index (χ0) is 15.0. The van der Waals surface area contributed by atoms with Gasteiger partial charge in [-0.05, 0) is 51.9 Å². The van der Waals surface area contributed by atoms with E-state index in [0.29, 0.717) is 31.8 Å². The number of amides is 1. The fourth-order valence-electron chi connectivity index (χ4n) is 2.35. The third-order valence-electron chi connectivity index (χ3n) is 3.43. The number of carbonyl (C=O) groups is 1. The molecule has 1 rings (SSSR count). The van der Waals surface area contributed by atoms with Crippen LogP contribution in [-0.2, 0) is 4.79 Å². The number of hydrogen-bond donors (Lipinski definition) is 2. The van der Waals surface area contributed by atoms with Crippen LogP contribution in [0, 0.1) is 5.92 Å². The van der Waals surface area contributed by atoms with Gasteiger partial charge < -0.3 is 10.6 Å². The lowest BCUT2D eigenvalue weighted by Crippen LogP contribution is -2.33. The molecule has 0 saturated carbocycles. The molecule has 4 nitrogen and oxygen atoms in total. The van der Waals surface area contributed by atoms with Gasteiger partial charge in [0.15, 0.2) is 0 Å². The van der Waals surface area contributed by atoms with E-state index in [9.17, 15) is 18.0 Å². The summed E-state index contributed by atoms with van der Waals surface area (Å²) in [6, 6.07) is 0. The lowest BCUT2D eigenvalue weighted by molar-refractivity contribution is -0.143. The highest BCUT2D eigenvalue weighted by atomic mass is 19.4. The number of hydrogen-bond acceptors (Lipinski definition) is 3. The van der Waals surface area contributed by atoms with Crippen LogP contribution >= 0.6 is 0 Å². The first-order chi connectivity index (χ1) is 9.37. The van der Waals surface area contributed by atoms with Gasteiger partial charge in [0.1, 0.15) is 0 Å². The van der Waals surface area contributed by atoms with Crippen molar-refractivity contribution in [1.29, 1.82) is 0 Å². The van der Waals surface area contributed by atoms with Gasteiger partial charge in [0.25, 0.3) is 0 Å². The third kappa shape index (κ3) is 8.37. The molecule has 0 radical (unpaired) electrons. The van der Waals surface area contributed by atoms with E-state index in [1.807, 2.05) is 0 Å². The highest BCUT2D eigenvalue weighted by Gasteiger charge is 2.28. The predicted octanol–water partition coefficient (Wildman–Crippen LogP) is 1.38. The summed E-state index contributed by atoms with van der Waals surface area (Å²) in [4.78, 5) is 12.8. The van der Waals surface area contributed by atoms with Crippen LogP contribution in [0.1, 0.15) is 25.7 Å². The number of carbonyl (C=O) groups excluding carboxylic acids is 1. The Morgan fingerprint density at radius 1 is 1.45 bits per heavy atom. The standard InChI is InChI=1S/C13H24F3N3O/c1-19(10-13(14,15)16)8-2-6-18-12(20)4-3-11-5-7-17-9-11/h11,17H,2-10H2,1H3,(H,18,20). The minimum atomic E-state index is -4.16. The van der Waals surface area contributed by atoms with Gasteiger partial charge in [0, 0.05) is 13.0 Å². The maximum absolute atomic E-state index is 12.1. The molecule has 0 spiro atoms. The number of nitrogens with one attached hydrogen (secondary N) is 2. The smallest absolute Gasteiger partial charge is 0.356 e. The van der Waals surface area contributed by atoms with E-state index < -0.39 is 12.7 Å². The highest BCUT2D eigenvalue weighted by Crippen LogP contribution is 2.15. The fourth-order valence-corrected chi connectivity index (χ4v) is 2.35. The minimum Gasteiger partial charge on any atom is -0.356 e. The van der Waals surface area contributed by atoms with Crippen molar-refractivity contribution in [2.24, 2.45) is 5.92 Å². The molecule has 1 amide bonds. The second kappa shape index (κ2) is 8.46. The highest BCUT2D eigenvalue weighted by molar-refractivity contribution is 5.75. The van der Waals surface area contributed by atoms with Gasteiger partial charge in [0.2, 0.25) is 5.91 Å². The van der Waals surface area contributed by atoms with Crippen LogP contribution in [0.2, 0.25) is 0 Å². The molecule has 1 fully saturated rings. The SMILES string of the molecule is CN(CCCNC(=O)CCC1CCNC1)CC(F)(F)F. The molecule has 0 aromatic carbocycles. The Kier molecular flexibility index (Phi) is 7.29. The summed E-state index contributed by atoms with van der Waals surface area (Å²) in [5.74, 6) is 0.578. The minimum absolute atomic E-state index is 0.00428. The van der Waals surface area contributed by atoms with E-state index in [1.54, 1.807) is 0 Å². The van der Waals surface area contributed by atoms with Crippen molar-refractivity contribution < 1.29 is 18.0 Å². The van der Waals surface area contributed by atoms with Crippen molar-refractivity contribution in [3.63, 3.8) is 0 Å². The molecule has 7 heteroatoms. The van der Waals surface area contributed by atoms with E-state index in [-0.39, 0.29) is 5.91 Å². The Morgan fingerprint density at radius 3 is 2.80 bits per heavy atom. The van der Waals surface area contributed by atoms with Crippen molar-refractivity contribution in [3.8, 4) is 0 Å². The number of nitrogens with zero attached hydrogens (tertiary/aromatic N) is 1. The van der Waals surface area contributed by atoms with Gasteiger partial charge in [-0.15, -0.1) is 0 Å². The molecule has 1 aliphatic heterocycles. The van der Waals surface area contributed by atoms with Crippen molar-refractivity contribution in [3.05, 3.63) is 0 Å². The Hall–Kier alpha value is -0.820. The molecule has 1 saturated heterocycles. The predicted molar refractivity (Wildman–Crippen MR) is 71.4 cm³/mol. The molecular formula is C13H24F3N3O. The molecule has 0 bridgehead atoms. The topological polar surface area (TPSA) is 44.4 Å². The first-order valence-corrected chi connectivity index (χ1v) is 7.09. The van der Waals surface area contributed by atoms with E-state index >= 15 is 0 Å². The number of rotatable bonds is 8. The summed E-state index contributed by atoms with van der Waals surface area (Å²) in [6.07, 6.45) is -1.12. The first kappa shape index (κ1) is 17.2. The zero-order valence-electron chi connectivity index (χ0n) is 11.9. The normalized spacial score (nSPS) is 19.6. The van der Waals surface area contributed by atoms with Crippen LogP contribution in [0.3, 0.4) is 0 Å². The van der Waals surface area contributed by atoms with E-state index in [0.717, 1.165) is 25.9 Å². The molecule has 0 aliphatic carbocycles. The van der Waals surface area contributed by atoms with Gasteiger partial charge >= 0.3 is 6.18 Å². The van der Waals surface area contributed by atoms with Crippen molar-refractivity contribution >= 4 is 5.91 Å². The van der Waals surface area contributed by atoms with Gasteiger partial charge in [-0.3, -0.25) is 9.69 Å². The summed E-state index contributed by atoms with van der Waals surface area (Å²) < 4.78 is 36.2. The van der Waals surface area contributed by atoms with E-state index in [1.165, 1.54) is 11.9 Å². The van der Waals surface area contributed by atoms with Crippen LogP contribution in [-0.4, -0.2) is 56.8 Å². The monoisotopic (exact) mass is 295 g/mol. The van der Waals surface area contributed by atoms with Crippen LogP contribution < -0.4 is 10.6 Å². The van der Waals surface area contributed by atoms with Crippen LogP contribution in [0.25, 0.3) is 0 Å². The molecule has 1 atom stereocenters. The molecule has 118 valence electrons. The summed E-state index contributed by atoms with van der Waals surface area (Å²) in [5, 5.41) is 6.01. The maximum Gasteiger partial charge on any atom is 0.401 e. The molecule has 0 aromatic heterocycles. The summed E-state index contributed by atoms with van der Waals surface area (Å²) in [5.41, 5.74) is 0. The molecule has 1 heterocycles. The second-order valence-electron chi connectivity index (χ2n) is 5.45. The Labute approximate surface area is 118 Å². The molecule has 0 aromatic rings. The quantitative estimate of drug-likeness (QED) is 0.665. The summed E-state index contributed by atoms with van der Waals surface area (Å²) in [6.45, 7) is 1.86. The van der Waals surface area contributed by atoms with Gasteiger partial charge in [0.05, 0.1) is 6.54 Å². The fraction of sp³-hybridized carbons (Fsp3) is 0.923. The van der Waals surface area contributed by atoms with Crippen LogP contribution in [0.4, 0.5) is 13.2 Å². The lowest BCUT2D eigenvalue weighted by atomic mass is 10.0. The van der Waals surface area contributed by atoms with E-state index in [2.05, 4.69) is 10.6 Å².